The lowest BCUT2D eigenvalue weighted by molar-refractivity contribution is -0.115. The summed E-state index contributed by atoms with van der Waals surface area (Å²) in [4.78, 5) is 28.3. The summed E-state index contributed by atoms with van der Waals surface area (Å²) in [5, 5.41) is 21.7. The van der Waals surface area contributed by atoms with E-state index in [0.29, 0.717) is 23.4 Å². The Morgan fingerprint density at radius 1 is 1.19 bits per heavy atom. The number of nitrogens with two attached hydrogens (primary N) is 2. The number of anilines is 2. The summed E-state index contributed by atoms with van der Waals surface area (Å²) < 4.78 is 5.39. The predicted octanol–water partition coefficient (Wildman–Crippen LogP) is 3.28. The van der Waals surface area contributed by atoms with Crippen LogP contribution in [0, 0.1) is 22.7 Å². The van der Waals surface area contributed by atoms with Gasteiger partial charge in [0.25, 0.3) is 0 Å². The third kappa shape index (κ3) is 4.56. The van der Waals surface area contributed by atoms with E-state index < -0.39 is 11.2 Å². The molecule has 3 rings (SSSR count). The molecule has 0 spiro atoms. The van der Waals surface area contributed by atoms with Gasteiger partial charge in [-0.3, -0.25) is 9.59 Å². The average molecular weight is 446 g/mol. The van der Waals surface area contributed by atoms with Gasteiger partial charge in [-0.05, 0) is 42.8 Å². The van der Waals surface area contributed by atoms with Gasteiger partial charge in [0.2, 0.25) is 11.8 Å². The van der Waals surface area contributed by atoms with Crippen LogP contribution in [0.3, 0.4) is 0 Å². The Kier molecular flexibility index (Phi) is 6.78. The smallest absolute Gasteiger partial charge is 0.248 e. The molecule has 160 valence electrons. The number of hydrogen-bond donors (Lipinski definition) is 3. The molecule has 0 saturated carbocycles. The summed E-state index contributed by atoms with van der Waals surface area (Å²) in [5.41, 5.74) is 12.4. The van der Waals surface area contributed by atoms with Gasteiger partial charge in [0, 0.05) is 11.3 Å². The van der Waals surface area contributed by atoms with Crippen molar-refractivity contribution in [3.05, 3.63) is 59.4 Å². The van der Waals surface area contributed by atoms with Crippen molar-refractivity contribution in [2.24, 2.45) is 5.73 Å². The van der Waals surface area contributed by atoms with Crippen LogP contribution in [0.2, 0.25) is 0 Å². The molecule has 2 amide bonds. The highest BCUT2D eigenvalue weighted by Gasteiger charge is 2.26. The second-order valence-electron chi connectivity index (χ2n) is 6.57. The van der Waals surface area contributed by atoms with E-state index in [1.807, 2.05) is 13.0 Å². The molecular weight excluding hydrogens is 428 g/mol. The van der Waals surface area contributed by atoms with Crippen molar-refractivity contribution in [3.8, 4) is 23.5 Å². The standard InChI is InChI=1S/C22H18N6O3S/c1-2-17(21(30)27-13-7-5-12(6-8-13)20(26)29)32-22-15(11-24)18(16-4-3-9-31-16)14(10-23)19(25)28-22/h3-9,17H,2H2,1H3,(H2,25,28)(H2,26,29)(H,27,30). The summed E-state index contributed by atoms with van der Waals surface area (Å²) in [6, 6.07) is 13.5. The zero-order valence-corrected chi connectivity index (χ0v) is 17.8. The van der Waals surface area contributed by atoms with E-state index in [2.05, 4.69) is 16.4 Å². The van der Waals surface area contributed by atoms with Crippen LogP contribution in [0.1, 0.15) is 34.8 Å². The highest BCUT2D eigenvalue weighted by molar-refractivity contribution is 8.00. The van der Waals surface area contributed by atoms with Crippen molar-refractivity contribution in [2.45, 2.75) is 23.6 Å². The summed E-state index contributed by atoms with van der Waals surface area (Å²) >= 11 is 1.07. The molecule has 0 fully saturated rings. The molecule has 32 heavy (non-hydrogen) atoms. The molecule has 0 aliphatic rings. The number of nitrogen functional groups attached to an aromatic ring is 1. The number of furan rings is 1. The number of nitrogens with zero attached hydrogens (tertiary/aromatic N) is 3. The van der Waals surface area contributed by atoms with Crippen molar-refractivity contribution in [3.63, 3.8) is 0 Å². The van der Waals surface area contributed by atoms with Gasteiger partial charge >= 0.3 is 0 Å². The Balaban J connectivity index is 1.92. The summed E-state index contributed by atoms with van der Waals surface area (Å²) in [7, 11) is 0. The summed E-state index contributed by atoms with van der Waals surface area (Å²) in [6.45, 7) is 1.82. The number of nitriles is 2. The first-order valence-corrected chi connectivity index (χ1v) is 10.3. The minimum Gasteiger partial charge on any atom is -0.464 e. The van der Waals surface area contributed by atoms with Crippen LogP contribution in [0.5, 0.6) is 0 Å². The molecule has 0 aliphatic carbocycles. The van der Waals surface area contributed by atoms with Gasteiger partial charge in [-0.1, -0.05) is 18.7 Å². The predicted molar refractivity (Wildman–Crippen MR) is 119 cm³/mol. The van der Waals surface area contributed by atoms with Crippen LogP contribution in [0.4, 0.5) is 11.5 Å². The van der Waals surface area contributed by atoms with Crippen LogP contribution in [0.25, 0.3) is 11.3 Å². The Hall–Kier alpha value is -4.28. The first-order valence-electron chi connectivity index (χ1n) is 9.44. The van der Waals surface area contributed by atoms with E-state index in [0.717, 1.165) is 11.8 Å². The molecule has 3 aromatic rings. The fourth-order valence-electron chi connectivity index (χ4n) is 2.95. The number of aromatic nitrogens is 1. The second kappa shape index (κ2) is 9.69. The fourth-order valence-corrected chi connectivity index (χ4v) is 3.97. The molecule has 0 aliphatic heterocycles. The fraction of sp³-hybridized carbons (Fsp3) is 0.136. The van der Waals surface area contributed by atoms with Crippen molar-refractivity contribution < 1.29 is 14.0 Å². The molecule has 0 radical (unpaired) electrons. The minimum absolute atomic E-state index is 0.0351. The van der Waals surface area contributed by atoms with Gasteiger partial charge in [0.15, 0.2) is 0 Å². The summed E-state index contributed by atoms with van der Waals surface area (Å²) in [5.74, 6) is -0.637. The number of pyridine rings is 1. The zero-order chi connectivity index (χ0) is 23.3. The van der Waals surface area contributed by atoms with E-state index in [-0.39, 0.29) is 33.4 Å². The average Bonchev–Trinajstić information content (AvgIpc) is 3.31. The molecule has 1 unspecified atom stereocenters. The number of carbonyl (C=O) groups is 2. The lowest BCUT2D eigenvalue weighted by atomic mass is 10.0. The lowest BCUT2D eigenvalue weighted by Gasteiger charge is -2.17. The van der Waals surface area contributed by atoms with Gasteiger partial charge in [-0.2, -0.15) is 10.5 Å². The van der Waals surface area contributed by atoms with Crippen molar-refractivity contribution in [1.29, 1.82) is 10.5 Å². The maximum Gasteiger partial charge on any atom is 0.248 e. The van der Waals surface area contributed by atoms with E-state index >= 15 is 0 Å². The lowest BCUT2D eigenvalue weighted by Crippen LogP contribution is -2.25. The molecule has 0 bridgehead atoms. The van der Waals surface area contributed by atoms with Crippen LogP contribution in [0.15, 0.2) is 52.1 Å². The Labute approximate surface area is 188 Å². The Bertz CT molecular complexity index is 1240. The summed E-state index contributed by atoms with van der Waals surface area (Å²) in [6.07, 6.45) is 1.85. The van der Waals surface area contributed by atoms with Crippen LogP contribution >= 0.6 is 11.8 Å². The number of thioether (sulfide) groups is 1. The van der Waals surface area contributed by atoms with Crippen LogP contribution < -0.4 is 16.8 Å². The number of primary amides is 1. The molecule has 0 saturated heterocycles. The number of amides is 2. The van der Waals surface area contributed by atoms with Gasteiger partial charge < -0.3 is 21.2 Å². The van der Waals surface area contributed by atoms with Gasteiger partial charge in [0.05, 0.1) is 22.6 Å². The van der Waals surface area contributed by atoms with Gasteiger partial charge in [-0.25, -0.2) is 4.98 Å². The van der Waals surface area contributed by atoms with Crippen molar-refractivity contribution >= 4 is 35.1 Å². The number of nitrogens with one attached hydrogen (secondary N) is 1. The number of rotatable bonds is 7. The molecule has 1 atom stereocenters. The number of hydrogen-bond acceptors (Lipinski definition) is 8. The van der Waals surface area contributed by atoms with E-state index in [1.165, 1.54) is 18.4 Å². The van der Waals surface area contributed by atoms with Gasteiger partial charge in [0.1, 0.15) is 34.3 Å². The molecule has 2 heterocycles. The van der Waals surface area contributed by atoms with E-state index in [4.69, 9.17) is 15.9 Å². The highest BCUT2D eigenvalue weighted by Crippen LogP contribution is 2.37. The van der Waals surface area contributed by atoms with Crippen molar-refractivity contribution in [1.82, 2.24) is 4.98 Å². The van der Waals surface area contributed by atoms with Gasteiger partial charge in [-0.15, -0.1) is 0 Å². The Morgan fingerprint density at radius 3 is 2.41 bits per heavy atom. The normalized spacial score (nSPS) is 11.2. The monoisotopic (exact) mass is 446 g/mol. The molecule has 1 aromatic carbocycles. The molecule has 2 aromatic heterocycles. The minimum atomic E-state index is -0.609. The quantitative estimate of drug-likeness (QED) is 0.464. The van der Waals surface area contributed by atoms with E-state index in [9.17, 15) is 20.1 Å². The van der Waals surface area contributed by atoms with Crippen LogP contribution in [-0.4, -0.2) is 22.0 Å². The largest absolute Gasteiger partial charge is 0.464 e. The van der Waals surface area contributed by atoms with E-state index in [1.54, 1.807) is 24.3 Å². The van der Waals surface area contributed by atoms with Crippen LogP contribution in [-0.2, 0) is 4.79 Å². The first-order chi connectivity index (χ1) is 15.4. The SMILES string of the molecule is CCC(Sc1nc(N)c(C#N)c(-c2ccco2)c1C#N)C(=O)Nc1ccc(C(N)=O)cc1. The molecular formula is C22H18N6O3S. The number of carbonyl (C=O) groups excluding carboxylic acids is 2. The second-order valence-corrected chi connectivity index (χ2v) is 7.77. The van der Waals surface area contributed by atoms with Crippen molar-refractivity contribution in [2.75, 3.05) is 11.1 Å². The third-order valence-electron chi connectivity index (χ3n) is 4.54. The first kappa shape index (κ1) is 22.4. The third-order valence-corrected chi connectivity index (χ3v) is 5.89. The molecule has 9 nitrogen and oxygen atoms in total. The maximum atomic E-state index is 12.9. The topological polar surface area (TPSA) is 172 Å². The maximum absolute atomic E-state index is 12.9. The highest BCUT2D eigenvalue weighted by atomic mass is 32.2. The number of benzene rings is 1. The Morgan fingerprint density at radius 2 is 1.88 bits per heavy atom. The molecule has 5 N–H and O–H groups in total. The zero-order valence-electron chi connectivity index (χ0n) is 17.0. The molecule has 10 heteroatoms.